The highest BCUT2D eigenvalue weighted by atomic mass is 79.9. The van der Waals surface area contributed by atoms with Crippen LogP contribution in [0.15, 0.2) is 75.7 Å². The second-order valence-corrected chi connectivity index (χ2v) is 6.99. The van der Waals surface area contributed by atoms with Crippen molar-refractivity contribution in [3.63, 3.8) is 0 Å². The van der Waals surface area contributed by atoms with Crippen LogP contribution in [0.4, 0.5) is 5.69 Å². The third kappa shape index (κ3) is 3.26. The number of benzene rings is 3. The van der Waals surface area contributed by atoms with E-state index in [9.17, 15) is 4.79 Å². The van der Waals surface area contributed by atoms with Gasteiger partial charge in [-0.1, -0.05) is 50.9 Å². The van der Waals surface area contributed by atoms with Crippen LogP contribution in [0.25, 0.3) is 22.2 Å². The first-order valence-electron chi connectivity index (χ1n) is 8.13. The number of carbonyl (C=O) groups is 1. The zero-order valence-corrected chi connectivity index (χ0v) is 15.6. The molecule has 0 spiro atoms. The molecular formula is C21H15BrN2O2. The van der Waals surface area contributed by atoms with E-state index in [-0.39, 0.29) is 5.91 Å². The fourth-order valence-corrected chi connectivity index (χ4v) is 3.00. The van der Waals surface area contributed by atoms with Gasteiger partial charge in [0.1, 0.15) is 5.52 Å². The van der Waals surface area contributed by atoms with Crippen molar-refractivity contribution in [2.75, 3.05) is 5.32 Å². The summed E-state index contributed by atoms with van der Waals surface area (Å²) in [5.41, 5.74) is 4.12. The van der Waals surface area contributed by atoms with Gasteiger partial charge in [0.25, 0.3) is 5.91 Å². The molecule has 5 heteroatoms. The van der Waals surface area contributed by atoms with Crippen LogP contribution in [0.3, 0.4) is 0 Å². The third-order valence-electron chi connectivity index (χ3n) is 4.15. The molecule has 26 heavy (non-hydrogen) atoms. The van der Waals surface area contributed by atoms with Gasteiger partial charge in [-0.15, -0.1) is 0 Å². The number of hydrogen-bond donors (Lipinski definition) is 1. The predicted molar refractivity (Wildman–Crippen MR) is 106 cm³/mol. The Hall–Kier alpha value is -2.92. The first kappa shape index (κ1) is 16.5. The SMILES string of the molecule is Cc1ccc(-c2onc3ccc(C(=O)Nc4ccc(Br)cc4)cc23)cc1. The Kier molecular flexibility index (Phi) is 4.31. The van der Waals surface area contributed by atoms with Gasteiger partial charge in [0.2, 0.25) is 0 Å². The summed E-state index contributed by atoms with van der Waals surface area (Å²) in [5.74, 6) is 0.489. The number of halogens is 1. The summed E-state index contributed by atoms with van der Waals surface area (Å²) in [4.78, 5) is 12.6. The third-order valence-corrected chi connectivity index (χ3v) is 4.68. The Labute approximate surface area is 159 Å². The minimum Gasteiger partial charge on any atom is -0.355 e. The highest BCUT2D eigenvalue weighted by Crippen LogP contribution is 2.29. The molecule has 0 saturated carbocycles. The molecule has 1 N–H and O–H groups in total. The molecule has 0 radical (unpaired) electrons. The van der Waals surface area contributed by atoms with Gasteiger partial charge in [0, 0.05) is 21.3 Å². The zero-order chi connectivity index (χ0) is 18.1. The maximum atomic E-state index is 12.6. The molecule has 0 fully saturated rings. The van der Waals surface area contributed by atoms with Gasteiger partial charge in [-0.05, 0) is 49.4 Å². The van der Waals surface area contributed by atoms with Gasteiger partial charge in [-0.25, -0.2) is 0 Å². The molecule has 0 aliphatic rings. The lowest BCUT2D eigenvalue weighted by Gasteiger charge is -2.05. The fraction of sp³-hybridized carbons (Fsp3) is 0.0476. The lowest BCUT2D eigenvalue weighted by molar-refractivity contribution is 0.102. The first-order valence-corrected chi connectivity index (χ1v) is 8.93. The zero-order valence-electron chi connectivity index (χ0n) is 14.0. The van der Waals surface area contributed by atoms with E-state index in [0.717, 1.165) is 26.6 Å². The van der Waals surface area contributed by atoms with E-state index >= 15 is 0 Å². The molecule has 0 bridgehead atoms. The minimum atomic E-state index is -0.176. The molecular weight excluding hydrogens is 392 g/mol. The van der Waals surface area contributed by atoms with Crippen molar-refractivity contribution in [2.45, 2.75) is 6.92 Å². The van der Waals surface area contributed by atoms with E-state index in [0.29, 0.717) is 11.3 Å². The number of amides is 1. The van der Waals surface area contributed by atoms with Crippen LogP contribution >= 0.6 is 15.9 Å². The van der Waals surface area contributed by atoms with E-state index < -0.39 is 0 Å². The number of fused-ring (bicyclic) bond motifs is 1. The van der Waals surface area contributed by atoms with Crippen LogP contribution in [0.2, 0.25) is 0 Å². The molecule has 4 rings (SSSR count). The number of nitrogens with zero attached hydrogens (tertiary/aromatic N) is 1. The summed E-state index contributed by atoms with van der Waals surface area (Å²) in [6.45, 7) is 2.03. The topological polar surface area (TPSA) is 55.1 Å². The smallest absolute Gasteiger partial charge is 0.255 e. The van der Waals surface area contributed by atoms with Crippen molar-refractivity contribution in [3.05, 3.63) is 82.3 Å². The fourth-order valence-electron chi connectivity index (χ4n) is 2.73. The monoisotopic (exact) mass is 406 g/mol. The molecule has 1 aromatic heterocycles. The standard InChI is InChI=1S/C21H15BrN2O2/c1-13-2-4-14(5-3-13)20-18-12-15(6-11-19(18)24-26-20)21(25)23-17-9-7-16(22)8-10-17/h2-12H,1H3,(H,23,25). The van der Waals surface area contributed by atoms with Crippen LogP contribution in [-0.2, 0) is 0 Å². The number of carbonyl (C=O) groups excluding carboxylic acids is 1. The second kappa shape index (κ2) is 6.77. The van der Waals surface area contributed by atoms with Gasteiger partial charge in [-0.3, -0.25) is 4.79 Å². The molecule has 0 aliphatic carbocycles. The van der Waals surface area contributed by atoms with Crippen molar-refractivity contribution in [1.82, 2.24) is 5.16 Å². The van der Waals surface area contributed by atoms with Crippen molar-refractivity contribution < 1.29 is 9.32 Å². The summed E-state index contributed by atoms with van der Waals surface area (Å²) in [6.07, 6.45) is 0. The highest BCUT2D eigenvalue weighted by Gasteiger charge is 2.14. The molecule has 0 atom stereocenters. The molecule has 0 saturated heterocycles. The first-order chi connectivity index (χ1) is 12.6. The summed E-state index contributed by atoms with van der Waals surface area (Å²) >= 11 is 3.38. The van der Waals surface area contributed by atoms with Crippen LogP contribution in [0, 0.1) is 6.92 Å². The van der Waals surface area contributed by atoms with E-state index in [1.54, 1.807) is 12.1 Å². The molecule has 1 heterocycles. The Morgan fingerprint density at radius 1 is 1.00 bits per heavy atom. The largest absolute Gasteiger partial charge is 0.355 e. The minimum absolute atomic E-state index is 0.176. The van der Waals surface area contributed by atoms with Gasteiger partial charge >= 0.3 is 0 Å². The van der Waals surface area contributed by atoms with E-state index in [4.69, 9.17) is 4.52 Å². The normalized spacial score (nSPS) is 10.8. The van der Waals surface area contributed by atoms with Crippen molar-refractivity contribution in [3.8, 4) is 11.3 Å². The van der Waals surface area contributed by atoms with Gasteiger partial charge < -0.3 is 9.84 Å². The number of nitrogens with one attached hydrogen (secondary N) is 1. The Balaban J connectivity index is 1.68. The van der Waals surface area contributed by atoms with Crippen LogP contribution in [0.5, 0.6) is 0 Å². The van der Waals surface area contributed by atoms with Crippen molar-refractivity contribution in [1.29, 1.82) is 0 Å². The van der Waals surface area contributed by atoms with E-state index in [1.165, 1.54) is 5.56 Å². The lowest BCUT2D eigenvalue weighted by Crippen LogP contribution is -2.11. The maximum absolute atomic E-state index is 12.6. The average molecular weight is 407 g/mol. The highest BCUT2D eigenvalue weighted by molar-refractivity contribution is 9.10. The van der Waals surface area contributed by atoms with Crippen LogP contribution < -0.4 is 5.32 Å². The number of anilines is 1. The molecule has 128 valence electrons. The predicted octanol–water partition coefficient (Wildman–Crippen LogP) is 5.82. The number of hydrogen-bond acceptors (Lipinski definition) is 3. The molecule has 1 amide bonds. The van der Waals surface area contributed by atoms with E-state index in [2.05, 4.69) is 26.4 Å². The summed E-state index contributed by atoms with van der Waals surface area (Å²) in [6, 6.07) is 20.8. The molecule has 0 unspecified atom stereocenters. The van der Waals surface area contributed by atoms with Crippen LogP contribution in [0.1, 0.15) is 15.9 Å². The molecule has 3 aromatic carbocycles. The van der Waals surface area contributed by atoms with Crippen LogP contribution in [-0.4, -0.2) is 11.1 Å². The number of aryl methyl sites for hydroxylation is 1. The number of aromatic nitrogens is 1. The van der Waals surface area contributed by atoms with Crippen molar-refractivity contribution in [2.24, 2.45) is 0 Å². The average Bonchev–Trinajstić information content (AvgIpc) is 3.07. The van der Waals surface area contributed by atoms with Gasteiger partial charge in [-0.2, -0.15) is 0 Å². The van der Waals surface area contributed by atoms with Gasteiger partial charge in [0.05, 0.1) is 5.39 Å². The lowest BCUT2D eigenvalue weighted by atomic mass is 10.0. The Bertz CT molecular complexity index is 1080. The quantitative estimate of drug-likeness (QED) is 0.466. The maximum Gasteiger partial charge on any atom is 0.255 e. The molecule has 4 aromatic rings. The number of rotatable bonds is 3. The van der Waals surface area contributed by atoms with E-state index in [1.807, 2.05) is 61.5 Å². The van der Waals surface area contributed by atoms with Crippen molar-refractivity contribution >= 4 is 38.4 Å². The molecule has 4 nitrogen and oxygen atoms in total. The second-order valence-electron chi connectivity index (χ2n) is 6.07. The Morgan fingerprint density at radius 2 is 1.73 bits per heavy atom. The summed E-state index contributed by atoms with van der Waals surface area (Å²) < 4.78 is 6.48. The molecule has 0 aliphatic heterocycles. The Morgan fingerprint density at radius 3 is 2.46 bits per heavy atom. The summed E-state index contributed by atoms with van der Waals surface area (Å²) in [5, 5.41) is 7.81. The van der Waals surface area contributed by atoms with Gasteiger partial charge in [0.15, 0.2) is 5.76 Å². The summed E-state index contributed by atoms with van der Waals surface area (Å²) in [7, 11) is 0.